The Morgan fingerprint density at radius 2 is 1.09 bits per heavy atom. The molecule has 0 spiro atoms. The molecule has 1 rings (SSSR count). The van der Waals surface area contributed by atoms with Crippen LogP contribution in [-0.2, 0) is 11.2 Å². The SMILES string of the molecule is CCCCCCCCCCCCCC(CCCCCC)C(=O)Cc1ccc(O)c(O)c1O. The van der Waals surface area contributed by atoms with Gasteiger partial charge in [0.2, 0.25) is 5.75 Å². The van der Waals surface area contributed by atoms with Crippen molar-refractivity contribution in [1.29, 1.82) is 0 Å². The van der Waals surface area contributed by atoms with Gasteiger partial charge in [0.25, 0.3) is 0 Å². The van der Waals surface area contributed by atoms with E-state index < -0.39 is 5.75 Å². The Kier molecular flexibility index (Phi) is 15.8. The molecule has 0 aromatic heterocycles. The van der Waals surface area contributed by atoms with Gasteiger partial charge in [0.05, 0.1) is 0 Å². The maximum Gasteiger partial charge on any atom is 0.200 e. The molecular formula is C28H48O4. The highest BCUT2D eigenvalue weighted by Gasteiger charge is 2.21. The van der Waals surface area contributed by atoms with E-state index in [4.69, 9.17) is 0 Å². The Bertz CT molecular complexity index is 626. The molecule has 0 fully saturated rings. The summed E-state index contributed by atoms with van der Waals surface area (Å²) in [6.07, 6.45) is 20.8. The number of carbonyl (C=O) groups excluding carboxylic acids is 1. The zero-order chi connectivity index (χ0) is 23.6. The Morgan fingerprint density at radius 3 is 1.59 bits per heavy atom. The van der Waals surface area contributed by atoms with Crippen LogP contribution >= 0.6 is 0 Å². The number of unbranched alkanes of at least 4 members (excludes halogenated alkanes) is 13. The Hall–Kier alpha value is -1.71. The van der Waals surface area contributed by atoms with Crippen LogP contribution in [0, 0.1) is 5.92 Å². The minimum Gasteiger partial charge on any atom is -0.504 e. The van der Waals surface area contributed by atoms with E-state index in [2.05, 4.69) is 13.8 Å². The van der Waals surface area contributed by atoms with E-state index in [0.717, 1.165) is 32.1 Å². The molecule has 0 heterocycles. The van der Waals surface area contributed by atoms with Gasteiger partial charge in [0.15, 0.2) is 11.5 Å². The normalized spacial score (nSPS) is 12.2. The molecule has 184 valence electrons. The van der Waals surface area contributed by atoms with Gasteiger partial charge >= 0.3 is 0 Å². The lowest BCUT2D eigenvalue weighted by atomic mass is 9.88. The van der Waals surface area contributed by atoms with E-state index >= 15 is 0 Å². The number of rotatable bonds is 20. The van der Waals surface area contributed by atoms with E-state index in [-0.39, 0.29) is 29.6 Å². The molecule has 0 aliphatic heterocycles. The van der Waals surface area contributed by atoms with E-state index in [0.29, 0.717) is 5.56 Å². The fourth-order valence-corrected chi connectivity index (χ4v) is 4.42. The summed E-state index contributed by atoms with van der Waals surface area (Å²) in [4.78, 5) is 13.0. The van der Waals surface area contributed by atoms with Crippen molar-refractivity contribution < 1.29 is 20.1 Å². The van der Waals surface area contributed by atoms with Gasteiger partial charge in [-0.25, -0.2) is 0 Å². The number of phenols is 3. The molecule has 3 N–H and O–H groups in total. The van der Waals surface area contributed by atoms with Crippen LogP contribution in [0.4, 0.5) is 0 Å². The Balaban J connectivity index is 2.39. The maximum atomic E-state index is 13.0. The van der Waals surface area contributed by atoms with Gasteiger partial charge < -0.3 is 15.3 Å². The van der Waals surface area contributed by atoms with Gasteiger partial charge in [-0.2, -0.15) is 0 Å². The third-order valence-electron chi connectivity index (χ3n) is 6.60. The van der Waals surface area contributed by atoms with Crippen LogP contribution in [0.25, 0.3) is 0 Å². The first-order chi connectivity index (χ1) is 15.5. The predicted molar refractivity (Wildman–Crippen MR) is 133 cm³/mol. The largest absolute Gasteiger partial charge is 0.504 e. The van der Waals surface area contributed by atoms with Crippen LogP contribution in [0.15, 0.2) is 12.1 Å². The van der Waals surface area contributed by atoms with Crippen LogP contribution in [0.2, 0.25) is 0 Å². The lowest BCUT2D eigenvalue weighted by Crippen LogP contribution is -2.17. The summed E-state index contributed by atoms with van der Waals surface area (Å²) in [6.45, 7) is 4.44. The van der Waals surface area contributed by atoms with Gasteiger partial charge in [0.1, 0.15) is 5.78 Å². The third-order valence-corrected chi connectivity index (χ3v) is 6.60. The third kappa shape index (κ3) is 11.8. The lowest BCUT2D eigenvalue weighted by molar-refractivity contribution is -0.122. The first-order valence-electron chi connectivity index (χ1n) is 13.3. The molecule has 0 aliphatic rings. The summed E-state index contributed by atoms with van der Waals surface area (Å²) >= 11 is 0. The molecule has 32 heavy (non-hydrogen) atoms. The summed E-state index contributed by atoms with van der Waals surface area (Å²) in [5.74, 6) is -1.14. The van der Waals surface area contributed by atoms with Crippen molar-refractivity contribution in [1.82, 2.24) is 0 Å². The van der Waals surface area contributed by atoms with Gasteiger partial charge in [-0.05, 0) is 18.9 Å². The average molecular weight is 449 g/mol. The second-order valence-corrected chi connectivity index (χ2v) is 9.45. The fourth-order valence-electron chi connectivity index (χ4n) is 4.42. The molecule has 0 amide bonds. The van der Waals surface area contributed by atoms with Crippen molar-refractivity contribution in [3.8, 4) is 17.2 Å². The molecule has 4 nitrogen and oxygen atoms in total. The fraction of sp³-hybridized carbons (Fsp3) is 0.750. The smallest absolute Gasteiger partial charge is 0.200 e. The van der Waals surface area contributed by atoms with Crippen molar-refractivity contribution >= 4 is 5.78 Å². The maximum absolute atomic E-state index is 13.0. The van der Waals surface area contributed by atoms with Crippen molar-refractivity contribution in [2.45, 2.75) is 129 Å². The molecule has 1 unspecified atom stereocenters. The monoisotopic (exact) mass is 448 g/mol. The molecule has 1 aromatic carbocycles. The van der Waals surface area contributed by atoms with Gasteiger partial charge in [-0.3, -0.25) is 4.79 Å². The Morgan fingerprint density at radius 1 is 0.656 bits per heavy atom. The summed E-state index contributed by atoms with van der Waals surface area (Å²) in [5, 5.41) is 29.3. The van der Waals surface area contributed by atoms with Crippen LogP contribution in [-0.4, -0.2) is 21.1 Å². The predicted octanol–water partition coefficient (Wildman–Crippen LogP) is 8.20. The van der Waals surface area contributed by atoms with Crippen LogP contribution in [0.1, 0.15) is 129 Å². The number of ketones is 1. The van der Waals surface area contributed by atoms with Gasteiger partial charge in [-0.15, -0.1) is 0 Å². The summed E-state index contributed by atoms with van der Waals surface area (Å²) in [5.41, 5.74) is 0.391. The molecule has 0 aliphatic carbocycles. The van der Waals surface area contributed by atoms with Crippen molar-refractivity contribution in [2.75, 3.05) is 0 Å². The Labute approximate surface area is 196 Å². The molecular weight excluding hydrogens is 400 g/mol. The van der Waals surface area contributed by atoms with E-state index in [1.807, 2.05) is 0 Å². The minimum atomic E-state index is -0.542. The second kappa shape index (κ2) is 17.8. The highest BCUT2D eigenvalue weighted by atomic mass is 16.3. The first-order valence-corrected chi connectivity index (χ1v) is 13.3. The molecule has 1 atom stereocenters. The minimum absolute atomic E-state index is 0.0146. The standard InChI is InChI=1S/C28H48O4/c1-3-5-7-9-10-11-12-13-14-15-17-19-23(18-16-8-6-4-2)26(30)22-24-20-21-25(29)28(32)27(24)31/h20-21,23,29,31-32H,3-19,22H2,1-2H3. The number of Topliss-reactive ketones (excluding diaryl/α,β-unsaturated/α-hetero) is 1. The van der Waals surface area contributed by atoms with Crippen LogP contribution in [0.3, 0.4) is 0 Å². The zero-order valence-electron chi connectivity index (χ0n) is 20.7. The van der Waals surface area contributed by atoms with Gasteiger partial charge in [-0.1, -0.05) is 116 Å². The van der Waals surface area contributed by atoms with Crippen LogP contribution in [0.5, 0.6) is 17.2 Å². The number of hydrogen-bond acceptors (Lipinski definition) is 4. The molecule has 0 saturated heterocycles. The average Bonchev–Trinajstić information content (AvgIpc) is 2.79. The summed E-state index contributed by atoms with van der Waals surface area (Å²) < 4.78 is 0. The number of hydrogen-bond donors (Lipinski definition) is 3. The van der Waals surface area contributed by atoms with Crippen LogP contribution < -0.4 is 0 Å². The van der Waals surface area contributed by atoms with Crippen molar-refractivity contribution in [3.63, 3.8) is 0 Å². The molecule has 0 bridgehead atoms. The number of aromatic hydroxyl groups is 3. The molecule has 0 saturated carbocycles. The second-order valence-electron chi connectivity index (χ2n) is 9.45. The molecule has 0 radical (unpaired) electrons. The summed E-state index contributed by atoms with van der Waals surface area (Å²) in [6, 6.07) is 2.86. The molecule has 1 aromatic rings. The number of benzene rings is 1. The first kappa shape index (κ1) is 28.3. The zero-order valence-corrected chi connectivity index (χ0v) is 20.7. The molecule has 4 heteroatoms. The highest BCUT2D eigenvalue weighted by molar-refractivity contribution is 5.84. The van der Waals surface area contributed by atoms with Gasteiger partial charge in [0, 0.05) is 17.9 Å². The van der Waals surface area contributed by atoms with E-state index in [9.17, 15) is 20.1 Å². The van der Waals surface area contributed by atoms with Crippen molar-refractivity contribution in [2.24, 2.45) is 5.92 Å². The quantitative estimate of drug-likeness (QED) is 0.139. The van der Waals surface area contributed by atoms with E-state index in [1.54, 1.807) is 0 Å². The van der Waals surface area contributed by atoms with E-state index in [1.165, 1.54) is 89.2 Å². The summed E-state index contributed by atoms with van der Waals surface area (Å²) in [7, 11) is 0. The topological polar surface area (TPSA) is 77.8 Å². The number of carbonyl (C=O) groups is 1. The number of phenolic OH excluding ortho intramolecular Hbond substituents is 3. The van der Waals surface area contributed by atoms with Crippen molar-refractivity contribution in [3.05, 3.63) is 17.7 Å². The highest BCUT2D eigenvalue weighted by Crippen LogP contribution is 2.37. The lowest BCUT2D eigenvalue weighted by Gasteiger charge is -2.17.